The van der Waals surface area contributed by atoms with Crippen molar-refractivity contribution < 1.29 is 28.0 Å². The summed E-state index contributed by atoms with van der Waals surface area (Å²) in [6.07, 6.45) is -0.540. The average molecular weight is 430 g/mol. The highest BCUT2D eigenvalue weighted by Crippen LogP contribution is 2.24. The van der Waals surface area contributed by atoms with E-state index in [2.05, 4.69) is 15.5 Å². The van der Waals surface area contributed by atoms with Gasteiger partial charge in [0.15, 0.2) is 0 Å². The molecule has 2 aromatic carbocycles. The molecule has 2 N–H and O–H groups in total. The number of carboxylic acid groups (broad SMARTS) is 1. The lowest BCUT2D eigenvalue weighted by molar-refractivity contribution is -0.137. The lowest BCUT2D eigenvalue weighted by Gasteiger charge is -2.23. The zero-order chi connectivity index (χ0) is 22.4. The fourth-order valence-corrected chi connectivity index (χ4v) is 2.90. The molecule has 3 aromatic rings. The molecule has 31 heavy (non-hydrogen) atoms. The number of nitrogens with zero attached hydrogens (tertiary/aromatic N) is 3. The van der Waals surface area contributed by atoms with E-state index >= 15 is 0 Å². The molecule has 0 saturated carbocycles. The van der Waals surface area contributed by atoms with Gasteiger partial charge in [-0.2, -0.15) is 4.98 Å². The Morgan fingerprint density at radius 2 is 1.94 bits per heavy atom. The summed E-state index contributed by atoms with van der Waals surface area (Å²) >= 11 is 0. The molecule has 1 atom stereocenters. The van der Waals surface area contributed by atoms with Gasteiger partial charge in [0.2, 0.25) is 11.7 Å². The first-order chi connectivity index (χ1) is 14.9. The van der Waals surface area contributed by atoms with Crippen LogP contribution in [-0.2, 0) is 11.3 Å². The quantitative estimate of drug-likeness (QED) is 0.563. The Morgan fingerprint density at radius 1 is 1.19 bits per heavy atom. The van der Waals surface area contributed by atoms with Crippen molar-refractivity contribution in [3.63, 3.8) is 0 Å². The molecular weight excluding hydrogens is 410 g/mol. The van der Waals surface area contributed by atoms with Crippen LogP contribution in [0.25, 0.3) is 11.4 Å². The van der Waals surface area contributed by atoms with E-state index in [0.717, 1.165) is 23.8 Å². The van der Waals surface area contributed by atoms with Gasteiger partial charge in [0.25, 0.3) is 0 Å². The number of urea groups is 1. The van der Waals surface area contributed by atoms with Crippen molar-refractivity contribution in [2.24, 2.45) is 0 Å². The number of aromatic nitrogens is 2. The van der Waals surface area contributed by atoms with Crippen LogP contribution in [0.4, 0.5) is 13.6 Å². The van der Waals surface area contributed by atoms with Gasteiger partial charge >= 0.3 is 12.0 Å². The van der Waals surface area contributed by atoms with Gasteiger partial charge in [0, 0.05) is 13.1 Å². The summed E-state index contributed by atoms with van der Waals surface area (Å²) in [5.41, 5.74) is 0.658. The van der Waals surface area contributed by atoms with Crippen LogP contribution in [0.5, 0.6) is 0 Å². The molecule has 1 aromatic heterocycles. The van der Waals surface area contributed by atoms with E-state index in [1.165, 1.54) is 4.90 Å². The van der Waals surface area contributed by atoms with Crippen molar-refractivity contribution in [3.05, 3.63) is 71.6 Å². The van der Waals surface area contributed by atoms with Gasteiger partial charge in [0.05, 0.1) is 12.0 Å². The Morgan fingerprint density at radius 3 is 2.61 bits per heavy atom. The van der Waals surface area contributed by atoms with E-state index in [-0.39, 0.29) is 17.3 Å². The molecule has 0 fully saturated rings. The van der Waals surface area contributed by atoms with E-state index in [1.807, 2.05) is 30.3 Å². The zero-order valence-corrected chi connectivity index (χ0v) is 16.6. The molecule has 0 bridgehead atoms. The van der Waals surface area contributed by atoms with Gasteiger partial charge < -0.3 is 19.8 Å². The summed E-state index contributed by atoms with van der Waals surface area (Å²) in [5.74, 6) is -3.17. The van der Waals surface area contributed by atoms with E-state index in [9.17, 15) is 23.5 Å². The number of carbonyl (C=O) groups is 2. The van der Waals surface area contributed by atoms with E-state index in [4.69, 9.17) is 4.52 Å². The molecule has 0 radical (unpaired) electrons. The second-order valence-electron chi connectivity index (χ2n) is 6.68. The SMILES string of the molecule is CCN(Cc1ccccc1)C(=O)N[C@@H](CC(=O)O)c1nc(-c2cc(F)ccc2F)no1. The first-order valence-corrected chi connectivity index (χ1v) is 9.47. The molecule has 10 heteroatoms. The Labute approximate surface area is 176 Å². The van der Waals surface area contributed by atoms with Gasteiger partial charge in [-0.25, -0.2) is 13.6 Å². The summed E-state index contributed by atoms with van der Waals surface area (Å²) in [7, 11) is 0. The topological polar surface area (TPSA) is 109 Å². The molecule has 0 aliphatic rings. The minimum Gasteiger partial charge on any atom is -0.481 e. The third-order valence-electron chi connectivity index (χ3n) is 4.47. The normalized spacial score (nSPS) is 11.7. The van der Waals surface area contributed by atoms with Gasteiger partial charge in [0.1, 0.15) is 17.7 Å². The fourth-order valence-electron chi connectivity index (χ4n) is 2.90. The Balaban J connectivity index is 1.80. The number of amides is 2. The van der Waals surface area contributed by atoms with Gasteiger partial charge in [-0.05, 0) is 30.7 Å². The van der Waals surface area contributed by atoms with E-state index in [0.29, 0.717) is 13.1 Å². The van der Waals surface area contributed by atoms with Gasteiger partial charge in [-0.3, -0.25) is 4.79 Å². The maximum absolute atomic E-state index is 14.0. The maximum Gasteiger partial charge on any atom is 0.318 e. The van der Waals surface area contributed by atoms with Crippen LogP contribution >= 0.6 is 0 Å². The van der Waals surface area contributed by atoms with Crippen LogP contribution in [0, 0.1) is 11.6 Å². The molecule has 0 unspecified atom stereocenters. The van der Waals surface area contributed by atoms with E-state index < -0.39 is 36.1 Å². The summed E-state index contributed by atoms with van der Waals surface area (Å²) in [4.78, 5) is 29.5. The number of carbonyl (C=O) groups excluding carboxylic acids is 1. The number of halogens is 2. The number of aliphatic carboxylic acids is 1. The molecule has 8 nitrogen and oxygen atoms in total. The van der Waals surface area contributed by atoms with Crippen molar-refractivity contribution in [3.8, 4) is 11.4 Å². The predicted octanol–water partition coefficient (Wildman–Crippen LogP) is 3.76. The van der Waals surface area contributed by atoms with Crippen LogP contribution in [0.2, 0.25) is 0 Å². The van der Waals surface area contributed by atoms with Crippen LogP contribution in [0.15, 0.2) is 53.1 Å². The highest BCUT2D eigenvalue weighted by Gasteiger charge is 2.27. The number of benzene rings is 2. The summed E-state index contributed by atoms with van der Waals surface area (Å²) in [5, 5.41) is 15.4. The molecule has 2 amide bonds. The molecule has 0 aliphatic carbocycles. The van der Waals surface area contributed by atoms with E-state index in [1.54, 1.807) is 6.92 Å². The smallest absolute Gasteiger partial charge is 0.318 e. The molecular formula is C21H20F2N4O4. The third-order valence-corrected chi connectivity index (χ3v) is 4.47. The summed E-state index contributed by atoms with van der Waals surface area (Å²) < 4.78 is 32.5. The Bertz CT molecular complexity index is 1060. The molecule has 3 rings (SSSR count). The van der Waals surface area contributed by atoms with Crippen LogP contribution in [0.1, 0.15) is 30.8 Å². The van der Waals surface area contributed by atoms with Crippen molar-refractivity contribution in [1.82, 2.24) is 20.4 Å². The zero-order valence-electron chi connectivity index (χ0n) is 16.6. The standard InChI is InChI=1S/C21H20F2N4O4/c1-2-27(12-13-6-4-3-5-7-13)21(30)24-17(11-18(28)29)20-25-19(26-31-20)15-10-14(22)8-9-16(15)23/h3-10,17H,2,11-12H2,1H3,(H,24,30)(H,28,29)/t17-/m0/s1. The molecule has 0 spiro atoms. The fraction of sp³-hybridized carbons (Fsp3) is 0.238. The molecule has 1 heterocycles. The number of hydrogen-bond donors (Lipinski definition) is 2. The monoisotopic (exact) mass is 430 g/mol. The number of hydrogen-bond acceptors (Lipinski definition) is 5. The van der Waals surface area contributed by atoms with Crippen molar-refractivity contribution in [2.75, 3.05) is 6.54 Å². The van der Waals surface area contributed by atoms with Crippen molar-refractivity contribution >= 4 is 12.0 Å². The van der Waals surface area contributed by atoms with Crippen LogP contribution in [-0.4, -0.2) is 38.7 Å². The predicted molar refractivity (Wildman–Crippen MR) is 106 cm³/mol. The lowest BCUT2D eigenvalue weighted by Crippen LogP contribution is -2.41. The third kappa shape index (κ3) is 5.62. The minimum absolute atomic E-state index is 0.231. The van der Waals surface area contributed by atoms with Crippen molar-refractivity contribution in [2.45, 2.75) is 25.9 Å². The molecule has 0 aliphatic heterocycles. The van der Waals surface area contributed by atoms with Gasteiger partial charge in [-0.15, -0.1) is 0 Å². The Kier molecular flexibility index (Phi) is 6.91. The molecule has 162 valence electrons. The van der Waals surface area contributed by atoms with Crippen molar-refractivity contribution in [1.29, 1.82) is 0 Å². The Hall–Kier alpha value is -3.82. The summed E-state index contributed by atoms with van der Waals surface area (Å²) in [6.45, 7) is 2.46. The maximum atomic E-state index is 14.0. The number of nitrogens with one attached hydrogen (secondary N) is 1. The first kappa shape index (κ1) is 21.9. The highest BCUT2D eigenvalue weighted by molar-refractivity contribution is 5.76. The minimum atomic E-state index is -1.21. The second kappa shape index (κ2) is 9.79. The highest BCUT2D eigenvalue weighted by atomic mass is 19.1. The lowest BCUT2D eigenvalue weighted by atomic mass is 10.2. The first-order valence-electron chi connectivity index (χ1n) is 9.47. The van der Waals surface area contributed by atoms with Crippen LogP contribution in [0.3, 0.4) is 0 Å². The molecule has 0 saturated heterocycles. The number of rotatable bonds is 8. The summed E-state index contributed by atoms with van der Waals surface area (Å²) in [6, 6.07) is 10.3. The number of carboxylic acids is 1. The average Bonchev–Trinajstić information content (AvgIpc) is 3.23. The second-order valence-corrected chi connectivity index (χ2v) is 6.68. The van der Waals surface area contributed by atoms with Crippen LogP contribution < -0.4 is 5.32 Å². The van der Waals surface area contributed by atoms with Gasteiger partial charge in [-0.1, -0.05) is 35.5 Å². The largest absolute Gasteiger partial charge is 0.481 e.